The van der Waals surface area contributed by atoms with Crippen LogP contribution in [0.25, 0.3) is 11.1 Å². The maximum atomic E-state index is 15.0. The van der Waals surface area contributed by atoms with E-state index in [1.807, 2.05) is 0 Å². The molecule has 0 saturated carbocycles. The van der Waals surface area contributed by atoms with Crippen molar-refractivity contribution in [3.05, 3.63) is 82.1 Å². The van der Waals surface area contributed by atoms with Crippen molar-refractivity contribution in [2.75, 3.05) is 18.1 Å². The summed E-state index contributed by atoms with van der Waals surface area (Å²) in [6.45, 7) is 1.40. The fourth-order valence-electron chi connectivity index (χ4n) is 3.84. The Morgan fingerprint density at radius 3 is 2.55 bits per heavy atom. The molecule has 1 aliphatic rings. The largest absolute Gasteiger partial charge is 0.482 e. The van der Waals surface area contributed by atoms with E-state index in [0.717, 1.165) is 5.56 Å². The fraction of sp³-hybridized carbons (Fsp3) is 0.222. The van der Waals surface area contributed by atoms with Gasteiger partial charge in [-0.05, 0) is 54.4 Å². The van der Waals surface area contributed by atoms with Gasteiger partial charge in [0.05, 0.1) is 17.3 Å². The molecular weight excluding hydrogens is 536 g/mol. The molecule has 198 valence electrons. The van der Waals surface area contributed by atoms with Crippen LogP contribution in [0.1, 0.15) is 12.5 Å². The highest BCUT2D eigenvalue weighted by molar-refractivity contribution is 6.35. The number of nitrogens with one attached hydrogen (secondary N) is 1. The molecule has 3 aromatic rings. The predicted octanol–water partition coefficient (Wildman–Crippen LogP) is 4.74. The third kappa shape index (κ3) is 6.42. The van der Waals surface area contributed by atoms with Crippen molar-refractivity contribution in [1.82, 2.24) is 5.32 Å². The molecule has 3 aromatic carbocycles. The Kier molecular flexibility index (Phi) is 8.51. The topological polar surface area (TPSA) is 111 Å². The van der Waals surface area contributed by atoms with Crippen LogP contribution in [0.5, 0.6) is 5.75 Å². The van der Waals surface area contributed by atoms with Crippen molar-refractivity contribution in [3.63, 3.8) is 0 Å². The molecule has 1 aliphatic heterocycles. The predicted molar refractivity (Wildman–Crippen MR) is 142 cm³/mol. The Balaban J connectivity index is 1.34. The third-order valence-electron chi connectivity index (χ3n) is 5.98. The van der Waals surface area contributed by atoms with Crippen molar-refractivity contribution >= 4 is 46.7 Å². The number of halogens is 3. The Labute approximate surface area is 228 Å². The van der Waals surface area contributed by atoms with Crippen LogP contribution in [0, 0.1) is 5.82 Å². The zero-order valence-electron chi connectivity index (χ0n) is 20.2. The number of rotatable bonds is 9. The first-order chi connectivity index (χ1) is 18.1. The molecule has 0 aliphatic carbocycles. The van der Waals surface area contributed by atoms with E-state index in [4.69, 9.17) is 38.4 Å². The van der Waals surface area contributed by atoms with Crippen LogP contribution in [0.15, 0.2) is 60.7 Å². The van der Waals surface area contributed by atoms with Gasteiger partial charge in [0.15, 0.2) is 6.61 Å². The summed E-state index contributed by atoms with van der Waals surface area (Å²) in [5.41, 5.74) is 7.84. The number of ketones is 1. The molecular formula is C27H24Cl2FN3O5. The average molecular weight is 560 g/mol. The Morgan fingerprint density at radius 1 is 1.16 bits per heavy atom. The lowest BCUT2D eigenvalue weighted by atomic mass is 10.0. The van der Waals surface area contributed by atoms with E-state index in [1.165, 1.54) is 24.0 Å². The van der Waals surface area contributed by atoms with Gasteiger partial charge in [-0.25, -0.2) is 9.18 Å². The summed E-state index contributed by atoms with van der Waals surface area (Å²) in [4.78, 5) is 37.1. The molecule has 38 heavy (non-hydrogen) atoms. The number of cyclic esters (lactones) is 1. The summed E-state index contributed by atoms with van der Waals surface area (Å²) in [6.07, 6.45) is -1.48. The normalized spacial score (nSPS) is 15.7. The van der Waals surface area contributed by atoms with Gasteiger partial charge in [0.1, 0.15) is 29.5 Å². The molecule has 4 rings (SSSR count). The molecule has 0 aromatic heterocycles. The quantitative estimate of drug-likeness (QED) is 0.392. The van der Waals surface area contributed by atoms with E-state index >= 15 is 0 Å². The highest BCUT2D eigenvalue weighted by Gasteiger charge is 2.37. The van der Waals surface area contributed by atoms with Gasteiger partial charge < -0.3 is 20.5 Å². The molecule has 0 spiro atoms. The summed E-state index contributed by atoms with van der Waals surface area (Å²) in [5.74, 6) is -0.822. The minimum absolute atomic E-state index is 0.0521. The Hall–Kier alpha value is -3.66. The van der Waals surface area contributed by atoms with Gasteiger partial charge in [-0.1, -0.05) is 47.5 Å². The molecule has 11 heteroatoms. The highest BCUT2D eigenvalue weighted by atomic mass is 35.5. The summed E-state index contributed by atoms with van der Waals surface area (Å²) in [6, 6.07) is 15.2. The van der Waals surface area contributed by atoms with E-state index in [0.29, 0.717) is 32.6 Å². The summed E-state index contributed by atoms with van der Waals surface area (Å²) in [5, 5.41) is 3.52. The van der Waals surface area contributed by atoms with Crippen LogP contribution < -0.4 is 20.7 Å². The number of Topliss-reactive ketones (excluding diaryl/α,β-unsaturated/α-hetero) is 1. The number of benzene rings is 3. The lowest BCUT2D eigenvalue weighted by Gasteiger charge is -2.16. The van der Waals surface area contributed by atoms with E-state index in [2.05, 4.69) is 5.32 Å². The highest BCUT2D eigenvalue weighted by Crippen LogP contribution is 2.30. The van der Waals surface area contributed by atoms with Gasteiger partial charge >= 0.3 is 6.09 Å². The summed E-state index contributed by atoms with van der Waals surface area (Å²) >= 11 is 11.9. The van der Waals surface area contributed by atoms with Crippen LogP contribution in [0.3, 0.4) is 0 Å². The maximum Gasteiger partial charge on any atom is 0.414 e. The zero-order chi connectivity index (χ0) is 27.4. The van der Waals surface area contributed by atoms with E-state index in [1.54, 1.807) is 48.5 Å². The molecule has 3 N–H and O–H groups in total. The van der Waals surface area contributed by atoms with E-state index in [-0.39, 0.29) is 31.4 Å². The summed E-state index contributed by atoms with van der Waals surface area (Å²) in [7, 11) is 0. The third-order valence-corrected chi connectivity index (χ3v) is 6.51. The standard InChI is InChI=1S/C27H24Cl2FN3O5/c1-15(34)26(31)24-13-33(27(36)38-24)19-7-8-20(22(30)11-19)17-4-2-16(3-5-17)12-32-25(35)14-37-23-9-6-18(28)10-21(23)29/h2-11,24,26H,12-14,31H2,1H3,(H,32,35)/t24?,26-/m1/s1. The molecule has 2 amide bonds. The van der Waals surface area contributed by atoms with Crippen LogP contribution >= 0.6 is 23.2 Å². The second kappa shape index (κ2) is 11.8. The second-order valence-corrected chi connectivity index (χ2v) is 9.51. The van der Waals surface area contributed by atoms with Crippen molar-refractivity contribution in [2.24, 2.45) is 5.73 Å². The smallest absolute Gasteiger partial charge is 0.414 e. The van der Waals surface area contributed by atoms with Gasteiger partial charge in [0, 0.05) is 17.1 Å². The van der Waals surface area contributed by atoms with Gasteiger partial charge in [0.25, 0.3) is 5.91 Å². The number of amides is 2. The zero-order valence-corrected chi connectivity index (χ0v) is 21.8. The number of nitrogens with zero attached hydrogens (tertiary/aromatic N) is 1. The second-order valence-electron chi connectivity index (χ2n) is 8.67. The lowest BCUT2D eigenvalue weighted by Crippen LogP contribution is -2.43. The molecule has 1 saturated heterocycles. The molecule has 2 atom stereocenters. The van der Waals surface area contributed by atoms with Gasteiger partial charge in [-0.15, -0.1) is 0 Å². The first kappa shape index (κ1) is 27.4. The van der Waals surface area contributed by atoms with Crippen molar-refractivity contribution in [2.45, 2.75) is 25.6 Å². The van der Waals surface area contributed by atoms with Crippen LogP contribution in [0.2, 0.25) is 10.0 Å². The SMILES string of the molecule is CC(=O)[C@@H](N)C1CN(c2ccc(-c3ccc(CNC(=O)COc4ccc(Cl)cc4Cl)cc3)c(F)c2)C(=O)O1. The number of carbonyl (C=O) groups is 3. The first-order valence-corrected chi connectivity index (χ1v) is 12.4. The Bertz CT molecular complexity index is 1370. The Morgan fingerprint density at radius 2 is 1.89 bits per heavy atom. The maximum absolute atomic E-state index is 15.0. The van der Waals surface area contributed by atoms with Crippen LogP contribution in [0.4, 0.5) is 14.9 Å². The van der Waals surface area contributed by atoms with Crippen LogP contribution in [-0.4, -0.2) is 43.1 Å². The number of hydrogen-bond donors (Lipinski definition) is 2. The van der Waals surface area contributed by atoms with E-state index < -0.39 is 24.1 Å². The van der Waals surface area contributed by atoms with Gasteiger partial charge in [-0.2, -0.15) is 0 Å². The number of ether oxygens (including phenoxy) is 2. The average Bonchev–Trinajstić information content (AvgIpc) is 3.28. The van der Waals surface area contributed by atoms with Crippen LogP contribution in [-0.2, 0) is 20.9 Å². The molecule has 0 bridgehead atoms. The lowest BCUT2D eigenvalue weighted by molar-refractivity contribution is -0.123. The summed E-state index contributed by atoms with van der Waals surface area (Å²) < 4.78 is 25.6. The molecule has 8 nitrogen and oxygen atoms in total. The number of nitrogens with two attached hydrogens (primary N) is 1. The van der Waals surface area contributed by atoms with E-state index in [9.17, 15) is 18.8 Å². The first-order valence-electron chi connectivity index (χ1n) is 11.6. The molecule has 1 unspecified atom stereocenters. The van der Waals surface area contributed by atoms with Crippen molar-refractivity contribution < 1.29 is 28.2 Å². The van der Waals surface area contributed by atoms with Gasteiger partial charge in [0.2, 0.25) is 0 Å². The fourth-order valence-corrected chi connectivity index (χ4v) is 4.30. The number of hydrogen-bond acceptors (Lipinski definition) is 6. The molecule has 1 heterocycles. The molecule has 1 fully saturated rings. The van der Waals surface area contributed by atoms with Crippen molar-refractivity contribution in [3.8, 4) is 16.9 Å². The van der Waals surface area contributed by atoms with Crippen molar-refractivity contribution in [1.29, 1.82) is 0 Å². The minimum atomic E-state index is -0.939. The molecule has 0 radical (unpaired) electrons. The minimum Gasteiger partial charge on any atom is -0.482 e. The monoisotopic (exact) mass is 559 g/mol. The number of carbonyl (C=O) groups excluding carboxylic acids is 3. The number of anilines is 1. The van der Waals surface area contributed by atoms with Gasteiger partial charge in [-0.3, -0.25) is 14.5 Å².